The maximum atomic E-state index is 12.4. The topological polar surface area (TPSA) is 87.7 Å². The zero-order chi connectivity index (χ0) is 18.6. The number of amides is 1. The van der Waals surface area contributed by atoms with Gasteiger partial charge in [0.05, 0.1) is 18.2 Å². The average Bonchev–Trinajstić information content (AvgIpc) is 2.56. The number of benzene rings is 2. The highest BCUT2D eigenvalue weighted by Crippen LogP contribution is 2.22. The van der Waals surface area contributed by atoms with Gasteiger partial charge < -0.3 is 15.2 Å². The van der Waals surface area contributed by atoms with E-state index in [1.807, 2.05) is 0 Å². The summed E-state index contributed by atoms with van der Waals surface area (Å²) in [5, 5.41) is 14.8. The molecule has 0 saturated carbocycles. The fraction of sp³-hybridized carbons (Fsp3) is 0.118. The molecule has 0 bridgehead atoms. The summed E-state index contributed by atoms with van der Waals surface area (Å²) in [6.07, 6.45) is 0. The van der Waals surface area contributed by atoms with Crippen LogP contribution in [0.5, 0.6) is 5.75 Å². The number of carbonyl (C=O) groups excluding carboxylic acids is 1. The van der Waals surface area contributed by atoms with Crippen LogP contribution < -0.4 is 15.4 Å². The van der Waals surface area contributed by atoms with Gasteiger partial charge in [-0.1, -0.05) is 17.7 Å². The Labute approximate surface area is 154 Å². The minimum atomic E-state index is -1.05. The summed E-state index contributed by atoms with van der Waals surface area (Å²) in [6.45, 7) is 1.79. The average molecular weight is 379 g/mol. The number of rotatable bonds is 4. The zero-order valence-corrected chi connectivity index (χ0v) is 15.0. The Balaban J connectivity index is 2.15. The first-order valence-electron chi connectivity index (χ1n) is 7.11. The molecule has 3 N–H and O–H groups in total. The summed E-state index contributed by atoms with van der Waals surface area (Å²) < 4.78 is 5.13. The highest BCUT2D eigenvalue weighted by molar-refractivity contribution is 7.80. The van der Waals surface area contributed by atoms with Gasteiger partial charge in [-0.05, 0) is 55.0 Å². The minimum absolute atomic E-state index is 0.0256. The normalized spacial score (nSPS) is 10.0. The van der Waals surface area contributed by atoms with Crippen molar-refractivity contribution in [2.45, 2.75) is 6.92 Å². The van der Waals surface area contributed by atoms with Gasteiger partial charge in [0.15, 0.2) is 5.11 Å². The standard InChI is InChI=1S/C17H15ClN2O4S/c1-9-3-4-10(16(22)23)7-13(9)19-17(25)20-15(21)12-8-11(18)5-6-14(12)24-2/h3-8H,1-2H3,(H,22,23)(H2,19,20,21,25). The van der Waals surface area contributed by atoms with Crippen LogP contribution in [0.25, 0.3) is 0 Å². The molecule has 8 heteroatoms. The molecule has 25 heavy (non-hydrogen) atoms. The summed E-state index contributed by atoms with van der Waals surface area (Å²) in [6, 6.07) is 9.23. The molecule has 0 atom stereocenters. The minimum Gasteiger partial charge on any atom is -0.496 e. The van der Waals surface area contributed by atoms with Gasteiger partial charge in [0.1, 0.15) is 5.75 Å². The Bertz CT molecular complexity index is 855. The van der Waals surface area contributed by atoms with Crippen LogP contribution in [0.2, 0.25) is 5.02 Å². The zero-order valence-electron chi connectivity index (χ0n) is 13.4. The number of nitrogens with one attached hydrogen (secondary N) is 2. The van der Waals surface area contributed by atoms with Crippen LogP contribution in [0, 0.1) is 6.92 Å². The number of carboxylic acids is 1. The van der Waals surface area contributed by atoms with E-state index in [-0.39, 0.29) is 16.2 Å². The van der Waals surface area contributed by atoms with E-state index in [1.165, 1.54) is 25.3 Å². The van der Waals surface area contributed by atoms with Crippen molar-refractivity contribution in [3.63, 3.8) is 0 Å². The summed E-state index contributed by atoms with van der Waals surface area (Å²) in [7, 11) is 1.44. The molecule has 6 nitrogen and oxygen atoms in total. The molecule has 0 aliphatic carbocycles. The number of anilines is 1. The third kappa shape index (κ3) is 4.68. The Hall–Kier alpha value is -2.64. The maximum absolute atomic E-state index is 12.4. The number of aryl methyl sites for hydroxylation is 1. The number of hydrogen-bond acceptors (Lipinski definition) is 4. The largest absolute Gasteiger partial charge is 0.496 e. The number of halogens is 1. The first-order chi connectivity index (χ1) is 11.8. The van der Waals surface area contributed by atoms with Crippen molar-refractivity contribution in [1.29, 1.82) is 0 Å². The lowest BCUT2D eigenvalue weighted by atomic mass is 10.1. The van der Waals surface area contributed by atoms with Crippen LogP contribution in [-0.4, -0.2) is 29.2 Å². The van der Waals surface area contributed by atoms with Crippen molar-refractivity contribution in [2.24, 2.45) is 0 Å². The van der Waals surface area contributed by atoms with E-state index in [0.29, 0.717) is 16.5 Å². The molecule has 130 valence electrons. The highest BCUT2D eigenvalue weighted by atomic mass is 35.5. The van der Waals surface area contributed by atoms with Crippen molar-refractivity contribution in [1.82, 2.24) is 5.32 Å². The lowest BCUT2D eigenvalue weighted by Crippen LogP contribution is -2.34. The van der Waals surface area contributed by atoms with Crippen molar-refractivity contribution in [3.05, 3.63) is 58.1 Å². The number of ether oxygens (including phenoxy) is 1. The molecule has 1 amide bonds. The van der Waals surface area contributed by atoms with Crippen molar-refractivity contribution in [2.75, 3.05) is 12.4 Å². The Kier molecular flexibility index (Phi) is 5.95. The number of carbonyl (C=O) groups is 2. The number of methoxy groups -OCH3 is 1. The third-order valence-corrected chi connectivity index (χ3v) is 3.81. The molecule has 0 aliphatic heterocycles. The van der Waals surface area contributed by atoms with Crippen LogP contribution in [0.4, 0.5) is 5.69 Å². The second-order valence-corrected chi connectivity index (χ2v) is 5.93. The molecule has 2 aromatic carbocycles. The molecule has 0 spiro atoms. The molecule has 2 rings (SSSR count). The van der Waals surface area contributed by atoms with E-state index >= 15 is 0 Å². The Morgan fingerprint density at radius 2 is 1.92 bits per heavy atom. The van der Waals surface area contributed by atoms with Crippen molar-refractivity contribution in [3.8, 4) is 5.75 Å². The summed E-state index contributed by atoms with van der Waals surface area (Å²) in [5.74, 6) is -1.20. The highest BCUT2D eigenvalue weighted by Gasteiger charge is 2.15. The molecule has 0 fully saturated rings. The maximum Gasteiger partial charge on any atom is 0.335 e. The van der Waals surface area contributed by atoms with E-state index in [2.05, 4.69) is 10.6 Å². The Morgan fingerprint density at radius 1 is 1.20 bits per heavy atom. The van der Waals surface area contributed by atoms with Gasteiger partial charge in [0.2, 0.25) is 0 Å². The van der Waals surface area contributed by atoms with Crippen molar-refractivity contribution >= 4 is 46.5 Å². The summed E-state index contributed by atoms with van der Waals surface area (Å²) >= 11 is 11.0. The van der Waals surface area contributed by atoms with E-state index in [0.717, 1.165) is 5.56 Å². The lowest BCUT2D eigenvalue weighted by molar-refractivity contribution is 0.0696. The quantitative estimate of drug-likeness (QED) is 0.706. The van der Waals surface area contributed by atoms with Crippen LogP contribution in [-0.2, 0) is 0 Å². The SMILES string of the molecule is COc1ccc(Cl)cc1C(=O)NC(=S)Nc1cc(C(=O)O)ccc1C. The van der Waals surface area contributed by atoms with E-state index in [9.17, 15) is 9.59 Å². The molecule has 0 unspecified atom stereocenters. The fourth-order valence-electron chi connectivity index (χ4n) is 2.07. The van der Waals surface area contributed by atoms with E-state index < -0.39 is 11.9 Å². The molecule has 0 radical (unpaired) electrons. The predicted molar refractivity (Wildman–Crippen MR) is 99.8 cm³/mol. The van der Waals surface area contributed by atoms with Gasteiger partial charge in [-0.25, -0.2) is 4.79 Å². The predicted octanol–water partition coefficient (Wildman–Crippen LogP) is 3.48. The monoisotopic (exact) mass is 378 g/mol. The molecule has 0 aliphatic rings. The molecule has 2 aromatic rings. The Morgan fingerprint density at radius 3 is 2.56 bits per heavy atom. The van der Waals surface area contributed by atoms with E-state index in [4.69, 9.17) is 33.7 Å². The first kappa shape index (κ1) is 18.7. The van der Waals surface area contributed by atoms with E-state index in [1.54, 1.807) is 25.1 Å². The van der Waals surface area contributed by atoms with Crippen LogP contribution in [0.3, 0.4) is 0 Å². The molecular formula is C17H15ClN2O4S. The fourth-order valence-corrected chi connectivity index (χ4v) is 2.45. The molecule has 0 saturated heterocycles. The lowest BCUT2D eigenvalue weighted by Gasteiger charge is -2.13. The second-order valence-electron chi connectivity index (χ2n) is 5.09. The van der Waals surface area contributed by atoms with Crippen LogP contribution in [0.1, 0.15) is 26.3 Å². The number of carboxylic acid groups (broad SMARTS) is 1. The van der Waals surface area contributed by atoms with Crippen LogP contribution in [0.15, 0.2) is 36.4 Å². The second kappa shape index (κ2) is 7.96. The van der Waals surface area contributed by atoms with Crippen LogP contribution >= 0.6 is 23.8 Å². The van der Waals surface area contributed by atoms with Crippen molar-refractivity contribution < 1.29 is 19.4 Å². The molecule has 0 aromatic heterocycles. The van der Waals surface area contributed by atoms with Gasteiger partial charge >= 0.3 is 5.97 Å². The third-order valence-electron chi connectivity index (χ3n) is 3.37. The van der Waals surface area contributed by atoms with Gasteiger partial charge in [0.25, 0.3) is 5.91 Å². The van der Waals surface area contributed by atoms with Gasteiger partial charge in [-0.2, -0.15) is 0 Å². The number of thiocarbonyl (C=S) groups is 1. The number of aromatic carboxylic acids is 1. The van der Waals surface area contributed by atoms with Gasteiger partial charge in [0, 0.05) is 10.7 Å². The first-order valence-corrected chi connectivity index (χ1v) is 7.90. The molecule has 0 heterocycles. The summed E-state index contributed by atoms with van der Waals surface area (Å²) in [5.41, 5.74) is 1.61. The smallest absolute Gasteiger partial charge is 0.335 e. The van der Waals surface area contributed by atoms with Gasteiger partial charge in [-0.15, -0.1) is 0 Å². The van der Waals surface area contributed by atoms with Gasteiger partial charge in [-0.3, -0.25) is 10.1 Å². The molecular weight excluding hydrogens is 364 g/mol. The summed E-state index contributed by atoms with van der Waals surface area (Å²) in [4.78, 5) is 23.4. The number of hydrogen-bond donors (Lipinski definition) is 3.